The normalized spacial score (nSPS) is 11.0. The number of hydrogen-bond donors (Lipinski definition) is 0. The second-order valence-electron chi connectivity index (χ2n) is 17.2. The van der Waals surface area contributed by atoms with Crippen LogP contribution in [0.2, 0.25) is 0 Å². The van der Waals surface area contributed by atoms with Crippen molar-refractivity contribution in [2.24, 2.45) is 0 Å². The molecule has 0 aliphatic heterocycles. The van der Waals surface area contributed by atoms with E-state index in [0.29, 0.717) is 0 Å². The van der Waals surface area contributed by atoms with E-state index in [1.807, 2.05) is 18.2 Å². The van der Waals surface area contributed by atoms with Gasteiger partial charge in [-0.15, -0.1) is 0 Å². The summed E-state index contributed by atoms with van der Waals surface area (Å²) in [6.45, 7) is 8.59. The Kier molecular flexibility index (Phi) is 12.1. The number of fused-ring (bicyclic) bond motifs is 9. The van der Waals surface area contributed by atoms with Crippen LogP contribution in [0.3, 0.4) is 0 Å². The second-order valence-corrected chi connectivity index (χ2v) is 17.2. The van der Waals surface area contributed by atoms with Gasteiger partial charge in [-0.2, -0.15) is 0 Å². The van der Waals surface area contributed by atoms with E-state index in [4.69, 9.17) is 0 Å². The van der Waals surface area contributed by atoms with Crippen LogP contribution in [0.25, 0.3) is 82.5 Å². The number of benzene rings is 10. The minimum absolute atomic E-state index is 1.21. The number of aryl methyl sites for hydroxylation is 4. The van der Waals surface area contributed by atoms with Crippen LogP contribution in [-0.4, -0.2) is 13.7 Å². The van der Waals surface area contributed by atoms with E-state index in [1.165, 1.54) is 105 Å². The van der Waals surface area contributed by atoms with E-state index in [2.05, 4.69) is 272 Å². The van der Waals surface area contributed by atoms with Crippen molar-refractivity contribution in [3.05, 3.63) is 271 Å². The number of para-hydroxylation sites is 7. The molecule has 0 unspecified atom stereocenters. The maximum Gasteiger partial charge on any atom is 0.0570 e. The van der Waals surface area contributed by atoms with Gasteiger partial charge in [0.05, 0.1) is 33.1 Å². The Morgan fingerprint density at radius 2 is 0.627 bits per heavy atom. The van der Waals surface area contributed by atoms with Crippen LogP contribution in [0.5, 0.6) is 0 Å². The molecule has 0 bridgehead atoms. The van der Waals surface area contributed by atoms with Gasteiger partial charge in [-0.3, -0.25) is 0 Å². The van der Waals surface area contributed by atoms with Gasteiger partial charge < -0.3 is 13.7 Å². The van der Waals surface area contributed by atoms with Crippen LogP contribution in [0.4, 0.5) is 0 Å². The topological polar surface area (TPSA) is 14.8 Å². The van der Waals surface area contributed by atoms with Crippen LogP contribution in [0, 0.1) is 27.7 Å². The minimum atomic E-state index is 1.21. The molecule has 0 aliphatic carbocycles. The van der Waals surface area contributed by atoms with Crippen LogP contribution < -0.4 is 0 Å². The first-order valence-corrected chi connectivity index (χ1v) is 23.1. The van der Waals surface area contributed by atoms with Gasteiger partial charge in [0.25, 0.3) is 0 Å². The van der Waals surface area contributed by atoms with E-state index < -0.39 is 0 Å². The highest BCUT2D eigenvalue weighted by Crippen LogP contribution is 2.36. The standard InChI is InChI=1S/3C19H15N.C7H8/c1-14-8-7-12-17-16-11-5-6-13-18(16)20(19(14)17)15-9-3-2-4-10-15;1-14-8-7-13-18-19(14)16-11-5-6-12-17(16)20(18)15-9-3-2-4-10-15;1-14-11-12-17-16-9-5-6-10-18(16)20(19(17)13-14)15-7-3-2-4-8-15;1-7-5-3-2-4-6-7/h3*2-13H,1H3;2-6H,1H3. The first-order valence-electron chi connectivity index (χ1n) is 23.1. The van der Waals surface area contributed by atoms with Gasteiger partial charge in [-0.1, -0.05) is 188 Å². The number of nitrogens with zero attached hydrogens (tertiary/aromatic N) is 3. The molecule has 0 spiro atoms. The monoisotopic (exact) mass is 863 g/mol. The first kappa shape index (κ1) is 42.5. The molecule has 3 nitrogen and oxygen atoms in total. The third-order valence-corrected chi connectivity index (χ3v) is 12.6. The molecule has 67 heavy (non-hydrogen) atoms. The quantitative estimate of drug-likeness (QED) is 0.168. The van der Waals surface area contributed by atoms with Gasteiger partial charge in [0.15, 0.2) is 0 Å². The Morgan fingerprint density at radius 1 is 0.239 bits per heavy atom. The van der Waals surface area contributed by atoms with Crippen molar-refractivity contribution in [3.8, 4) is 17.1 Å². The maximum absolute atomic E-state index is 2.36. The van der Waals surface area contributed by atoms with Gasteiger partial charge in [-0.05, 0) is 111 Å². The molecule has 3 heterocycles. The Labute approximate surface area is 393 Å². The average molecular weight is 864 g/mol. The zero-order chi connectivity index (χ0) is 45.7. The van der Waals surface area contributed by atoms with E-state index in [0.717, 1.165) is 0 Å². The Bertz CT molecular complexity index is 3720. The molecule has 3 aromatic heterocycles. The summed E-state index contributed by atoms with van der Waals surface area (Å²) in [5.41, 5.74) is 16.5. The molecule has 0 amide bonds. The smallest absolute Gasteiger partial charge is 0.0570 e. The van der Waals surface area contributed by atoms with Crippen molar-refractivity contribution in [3.63, 3.8) is 0 Å². The van der Waals surface area contributed by atoms with Crippen molar-refractivity contribution in [1.29, 1.82) is 0 Å². The SMILES string of the molecule is Cc1ccc2c3ccccc3n(-c3ccccc3)c2c1.Cc1cccc2c1c1ccccc1n2-c1ccccc1.Cc1cccc2c3ccccc3n(-c3ccccc3)c12.Cc1ccccc1. The minimum Gasteiger partial charge on any atom is -0.309 e. The second kappa shape index (κ2) is 19.0. The van der Waals surface area contributed by atoms with Crippen molar-refractivity contribution in [2.45, 2.75) is 27.7 Å². The third kappa shape index (κ3) is 8.40. The third-order valence-electron chi connectivity index (χ3n) is 12.6. The molecule has 3 heteroatoms. The van der Waals surface area contributed by atoms with E-state index in [9.17, 15) is 0 Å². The fourth-order valence-electron chi connectivity index (χ4n) is 9.56. The van der Waals surface area contributed by atoms with E-state index >= 15 is 0 Å². The molecule has 13 aromatic rings. The Morgan fingerprint density at radius 3 is 1.19 bits per heavy atom. The molecule has 0 saturated heterocycles. The number of rotatable bonds is 3. The van der Waals surface area contributed by atoms with Crippen molar-refractivity contribution in [1.82, 2.24) is 13.7 Å². The van der Waals surface area contributed by atoms with E-state index in [-0.39, 0.29) is 0 Å². The molecule has 0 radical (unpaired) electrons. The molecule has 324 valence electrons. The Hall–Kier alpha value is -8.40. The summed E-state index contributed by atoms with van der Waals surface area (Å²) < 4.78 is 7.05. The van der Waals surface area contributed by atoms with Crippen molar-refractivity contribution in [2.75, 3.05) is 0 Å². The van der Waals surface area contributed by atoms with Crippen LogP contribution in [-0.2, 0) is 0 Å². The highest BCUT2D eigenvalue weighted by Gasteiger charge is 2.15. The lowest BCUT2D eigenvalue weighted by Crippen LogP contribution is -1.94. The average Bonchev–Trinajstić information content (AvgIpc) is 4.02. The van der Waals surface area contributed by atoms with Gasteiger partial charge >= 0.3 is 0 Å². The van der Waals surface area contributed by atoms with Crippen LogP contribution in [0.15, 0.2) is 249 Å². The number of hydrogen-bond acceptors (Lipinski definition) is 0. The summed E-state index contributed by atoms with van der Waals surface area (Å²) in [5, 5.41) is 7.94. The van der Waals surface area contributed by atoms with Gasteiger partial charge in [0, 0.05) is 49.4 Å². The fraction of sp³-hybridized carbons (Fsp3) is 0.0625. The molecular formula is C64H53N3. The van der Waals surface area contributed by atoms with Crippen molar-refractivity contribution >= 4 is 65.4 Å². The molecule has 13 rings (SSSR count). The molecule has 0 N–H and O–H groups in total. The first-order chi connectivity index (χ1) is 33.0. The van der Waals surface area contributed by atoms with Gasteiger partial charge in [0.1, 0.15) is 0 Å². The van der Waals surface area contributed by atoms with Gasteiger partial charge in [0.2, 0.25) is 0 Å². The zero-order valence-corrected chi connectivity index (χ0v) is 38.5. The lowest BCUT2D eigenvalue weighted by Gasteiger charge is -2.08. The highest BCUT2D eigenvalue weighted by molar-refractivity contribution is 6.12. The summed E-state index contributed by atoms with van der Waals surface area (Å²) in [5.74, 6) is 0. The van der Waals surface area contributed by atoms with Crippen LogP contribution >= 0.6 is 0 Å². The van der Waals surface area contributed by atoms with Gasteiger partial charge in [-0.25, -0.2) is 0 Å². The van der Waals surface area contributed by atoms with E-state index in [1.54, 1.807) is 0 Å². The Balaban J connectivity index is 0.000000109. The number of aromatic nitrogens is 3. The summed E-state index contributed by atoms with van der Waals surface area (Å²) in [6.07, 6.45) is 0. The predicted octanol–water partition coefficient (Wildman–Crippen LogP) is 17.3. The lowest BCUT2D eigenvalue weighted by molar-refractivity contribution is 1.17. The largest absolute Gasteiger partial charge is 0.309 e. The summed E-state index contributed by atoms with van der Waals surface area (Å²) in [7, 11) is 0. The van der Waals surface area contributed by atoms with Crippen molar-refractivity contribution < 1.29 is 0 Å². The summed E-state index contributed by atoms with van der Waals surface area (Å²) in [4.78, 5) is 0. The van der Waals surface area contributed by atoms with Crippen LogP contribution in [0.1, 0.15) is 22.3 Å². The molecular weight excluding hydrogens is 811 g/mol. The molecule has 0 aliphatic rings. The molecule has 0 saturated carbocycles. The fourth-order valence-corrected chi connectivity index (χ4v) is 9.56. The zero-order valence-electron chi connectivity index (χ0n) is 38.5. The molecule has 0 atom stereocenters. The summed E-state index contributed by atoms with van der Waals surface area (Å²) >= 11 is 0. The highest BCUT2D eigenvalue weighted by atomic mass is 15.0. The summed E-state index contributed by atoms with van der Waals surface area (Å²) in [6, 6.07) is 87.5. The molecule has 10 aromatic carbocycles. The predicted molar refractivity (Wildman–Crippen MR) is 288 cm³/mol. The maximum atomic E-state index is 2.36. The lowest BCUT2D eigenvalue weighted by atomic mass is 10.1. The molecule has 0 fully saturated rings.